The van der Waals surface area contributed by atoms with Crippen molar-refractivity contribution in [1.29, 1.82) is 0 Å². The molecule has 0 bridgehead atoms. The largest absolute Gasteiger partial charge is 0.294 e. The van der Waals surface area contributed by atoms with Crippen molar-refractivity contribution < 1.29 is 4.79 Å². The van der Waals surface area contributed by atoms with Gasteiger partial charge in [0.1, 0.15) is 0 Å². The van der Waals surface area contributed by atoms with Crippen LogP contribution in [0.3, 0.4) is 0 Å². The van der Waals surface area contributed by atoms with Gasteiger partial charge in [-0.05, 0) is 24.3 Å². The number of hydrogen-bond donors (Lipinski definition) is 2. The molecule has 1 heterocycles. The highest BCUT2D eigenvalue weighted by molar-refractivity contribution is 6.30. The highest BCUT2D eigenvalue weighted by atomic mass is 35.5. The molecule has 3 nitrogen and oxygen atoms in total. The highest BCUT2D eigenvalue weighted by Gasteiger charge is 2.23. The van der Waals surface area contributed by atoms with Gasteiger partial charge in [0.2, 0.25) is 0 Å². The molecule has 14 heavy (non-hydrogen) atoms. The average molecular weight is 211 g/mol. The molecule has 0 radical (unpaired) electrons. The Balaban J connectivity index is 2.14. The molecule has 0 unspecified atom stereocenters. The van der Waals surface area contributed by atoms with Gasteiger partial charge in [0.15, 0.2) is 5.78 Å². The molecule has 4 heteroatoms. The van der Waals surface area contributed by atoms with Crippen molar-refractivity contribution in [3.63, 3.8) is 0 Å². The van der Waals surface area contributed by atoms with Crippen molar-refractivity contribution in [3.8, 4) is 0 Å². The number of ketones is 1. The molecule has 0 saturated carbocycles. The van der Waals surface area contributed by atoms with E-state index in [-0.39, 0.29) is 11.7 Å². The van der Waals surface area contributed by atoms with Gasteiger partial charge in [0, 0.05) is 23.7 Å². The molecule has 2 N–H and O–H groups in total. The lowest BCUT2D eigenvalue weighted by molar-refractivity contribution is 0.0936. The lowest BCUT2D eigenvalue weighted by atomic mass is 9.99. The van der Waals surface area contributed by atoms with Crippen molar-refractivity contribution >= 4 is 17.4 Å². The van der Waals surface area contributed by atoms with Crippen molar-refractivity contribution in [1.82, 2.24) is 10.9 Å². The summed E-state index contributed by atoms with van der Waals surface area (Å²) in [5.41, 5.74) is 6.60. The minimum atomic E-state index is 0.0381. The zero-order valence-corrected chi connectivity index (χ0v) is 8.34. The van der Waals surface area contributed by atoms with Gasteiger partial charge in [0.25, 0.3) is 0 Å². The summed E-state index contributed by atoms with van der Waals surface area (Å²) in [6.07, 6.45) is 0. The standard InChI is InChI=1S/C10H11ClN2O/c11-9-3-1-7(2-4-9)10(14)8-5-12-13-6-8/h1-4,8,12-13H,5-6H2. The van der Waals surface area contributed by atoms with Crippen LogP contribution in [0.5, 0.6) is 0 Å². The van der Waals surface area contributed by atoms with Crippen LogP contribution >= 0.6 is 11.6 Å². The first kappa shape index (κ1) is 9.65. The first-order valence-corrected chi connectivity index (χ1v) is 4.90. The molecule has 2 rings (SSSR count). The third-order valence-electron chi connectivity index (χ3n) is 2.32. The lowest BCUT2D eigenvalue weighted by Gasteiger charge is -2.05. The second-order valence-electron chi connectivity index (χ2n) is 3.33. The molecule has 1 aromatic rings. The Morgan fingerprint density at radius 3 is 2.36 bits per heavy atom. The Morgan fingerprint density at radius 2 is 1.79 bits per heavy atom. The van der Waals surface area contributed by atoms with Gasteiger partial charge in [-0.15, -0.1) is 0 Å². The first-order valence-electron chi connectivity index (χ1n) is 4.53. The zero-order valence-electron chi connectivity index (χ0n) is 7.59. The summed E-state index contributed by atoms with van der Waals surface area (Å²) in [7, 11) is 0. The zero-order chi connectivity index (χ0) is 9.97. The van der Waals surface area contributed by atoms with Crippen LogP contribution in [0.4, 0.5) is 0 Å². The number of carbonyl (C=O) groups excluding carboxylic acids is 1. The van der Waals surface area contributed by atoms with Crippen LogP contribution in [0.25, 0.3) is 0 Å². The molecule has 1 fully saturated rings. The number of hydrazine groups is 1. The normalized spacial score (nSPS) is 17.2. The van der Waals surface area contributed by atoms with E-state index in [9.17, 15) is 4.79 Å². The quantitative estimate of drug-likeness (QED) is 0.722. The lowest BCUT2D eigenvalue weighted by Crippen LogP contribution is -2.21. The van der Waals surface area contributed by atoms with Crippen LogP contribution in [-0.2, 0) is 0 Å². The highest BCUT2D eigenvalue weighted by Crippen LogP contribution is 2.14. The molecule has 0 amide bonds. The number of Topliss-reactive ketones (excluding diaryl/α,β-unsaturated/α-hetero) is 1. The first-order chi connectivity index (χ1) is 6.77. The second kappa shape index (κ2) is 4.09. The fourth-order valence-corrected chi connectivity index (χ4v) is 1.62. The number of benzene rings is 1. The van der Waals surface area contributed by atoms with E-state index in [1.165, 1.54) is 0 Å². The van der Waals surface area contributed by atoms with Crippen LogP contribution in [-0.4, -0.2) is 18.9 Å². The topological polar surface area (TPSA) is 41.1 Å². The summed E-state index contributed by atoms with van der Waals surface area (Å²) in [4.78, 5) is 11.8. The Hall–Kier alpha value is -0.900. The van der Waals surface area contributed by atoms with Gasteiger partial charge in [0.05, 0.1) is 5.92 Å². The van der Waals surface area contributed by atoms with E-state index in [0.717, 1.165) is 5.56 Å². The van der Waals surface area contributed by atoms with Crippen molar-refractivity contribution in [2.45, 2.75) is 0 Å². The molecule has 1 aliphatic heterocycles. The average Bonchev–Trinajstić information content (AvgIpc) is 2.71. The number of carbonyl (C=O) groups is 1. The van der Waals surface area contributed by atoms with Gasteiger partial charge < -0.3 is 0 Å². The molecule has 74 valence electrons. The maximum Gasteiger partial charge on any atom is 0.168 e. The third kappa shape index (κ3) is 1.95. The van der Waals surface area contributed by atoms with Crippen LogP contribution in [0.15, 0.2) is 24.3 Å². The van der Waals surface area contributed by atoms with Gasteiger partial charge >= 0.3 is 0 Å². The third-order valence-corrected chi connectivity index (χ3v) is 2.57. The minimum Gasteiger partial charge on any atom is -0.294 e. The predicted octanol–water partition coefficient (Wildman–Crippen LogP) is 1.25. The fraction of sp³-hybridized carbons (Fsp3) is 0.300. The molecule has 0 aromatic heterocycles. The summed E-state index contributed by atoms with van der Waals surface area (Å²) in [6.45, 7) is 1.39. The minimum absolute atomic E-state index is 0.0381. The van der Waals surface area contributed by atoms with E-state index in [4.69, 9.17) is 11.6 Å². The van der Waals surface area contributed by atoms with Crippen LogP contribution in [0.2, 0.25) is 5.02 Å². The number of hydrogen-bond acceptors (Lipinski definition) is 3. The SMILES string of the molecule is O=C(c1ccc(Cl)cc1)C1CNNC1. The van der Waals surface area contributed by atoms with Crippen molar-refractivity contribution in [2.24, 2.45) is 5.92 Å². The number of halogens is 1. The molecular formula is C10H11ClN2O. The predicted molar refractivity (Wildman–Crippen MR) is 55.3 cm³/mol. The van der Waals surface area contributed by atoms with Crippen LogP contribution in [0, 0.1) is 5.92 Å². The molecule has 0 spiro atoms. The maximum atomic E-state index is 11.8. The molecule has 1 saturated heterocycles. The molecule has 0 aliphatic carbocycles. The molecule has 0 atom stereocenters. The summed E-state index contributed by atoms with van der Waals surface area (Å²) in [5, 5.41) is 0.657. The van der Waals surface area contributed by atoms with E-state index < -0.39 is 0 Å². The van der Waals surface area contributed by atoms with Crippen LogP contribution in [0.1, 0.15) is 10.4 Å². The Bertz CT molecular complexity index is 330. The fourth-order valence-electron chi connectivity index (χ4n) is 1.50. The molecular weight excluding hydrogens is 200 g/mol. The van der Waals surface area contributed by atoms with E-state index >= 15 is 0 Å². The Morgan fingerprint density at radius 1 is 1.21 bits per heavy atom. The Kier molecular flexibility index (Phi) is 2.82. The van der Waals surface area contributed by atoms with Crippen LogP contribution < -0.4 is 10.9 Å². The second-order valence-corrected chi connectivity index (χ2v) is 3.77. The van der Waals surface area contributed by atoms with E-state index in [1.54, 1.807) is 24.3 Å². The van der Waals surface area contributed by atoms with E-state index in [2.05, 4.69) is 10.9 Å². The summed E-state index contributed by atoms with van der Waals surface area (Å²) in [5.74, 6) is 0.204. The molecule has 1 aliphatic rings. The number of rotatable bonds is 2. The summed E-state index contributed by atoms with van der Waals surface area (Å²) < 4.78 is 0. The van der Waals surface area contributed by atoms with E-state index in [0.29, 0.717) is 18.1 Å². The monoisotopic (exact) mass is 210 g/mol. The summed E-state index contributed by atoms with van der Waals surface area (Å²) in [6, 6.07) is 7.02. The van der Waals surface area contributed by atoms with Crippen molar-refractivity contribution in [3.05, 3.63) is 34.9 Å². The van der Waals surface area contributed by atoms with Gasteiger partial charge in [-0.3, -0.25) is 15.6 Å². The smallest absolute Gasteiger partial charge is 0.168 e. The van der Waals surface area contributed by atoms with Gasteiger partial charge in [-0.2, -0.15) is 0 Å². The van der Waals surface area contributed by atoms with Gasteiger partial charge in [-0.25, -0.2) is 0 Å². The van der Waals surface area contributed by atoms with Crippen molar-refractivity contribution in [2.75, 3.05) is 13.1 Å². The number of nitrogens with one attached hydrogen (secondary N) is 2. The maximum absolute atomic E-state index is 11.8. The Labute approximate surface area is 87.4 Å². The molecule has 1 aromatic carbocycles. The van der Waals surface area contributed by atoms with E-state index in [1.807, 2.05) is 0 Å². The van der Waals surface area contributed by atoms with Gasteiger partial charge in [-0.1, -0.05) is 11.6 Å². The summed E-state index contributed by atoms with van der Waals surface area (Å²) >= 11 is 5.74.